The molecule has 2 heteroatoms. The van der Waals surface area contributed by atoms with Crippen molar-refractivity contribution in [3.8, 4) is 5.75 Å². The maximum absolute atomic E-state index is 5.23. The summed E-state index contributed by atoms with van der Waals surface area (Å²) in [5.41, 5.74) is 2.76. The molecule has 112 valence electrons. The zero-order chi connectivity index (χ0) is 14.9. The molecule has 1 unspecified atom stereocenters. The fourth-order valence-electron chi connectivity index (χ4n) is 2.62. The molecular weight excluding hydrogens is 258 g/mol. The van der Waals surface area contributed by atoms with Gasteiger partial charge in [-0.25, -0.2) is 0 Å². The van der Waals surface area contributed by atoms with Crippen LogP contribution in [0.15, 0.2) is 54.6 Å². The van der Waals surface area contributed by atoms with E-state index in [1.165, 1.54) is 17.5 Å². The Bertz CT molecular complexity index is 507. The molecule has 0 amide bonds. The summed E-state index contributed by atoms with van der Waals surface area (Å²) in [5, 5.41) is 3.58. The first kappa shape index (κ1) is 15.6. The number of nitrogens with one attached hydrogen (secondary N) is 1. The van der Waals surface area contributed by atoms with E-state index in [9.17, 15) is 0 Å². The number of rotatable bonds is 8. The molecule has 2 rings (SSSR count). The SMILES string of the molecule is CCNC(CCCc1ccccc1)c1ccc(OC)cc1. The fourth-order valence-corrected chi connectivity index (χ4v) is 2.62. The van der Waals surface area contributed by atoms with E-state index in [4.69, 9.17) is 4.74 Å². The van der Waals surface area contributed by atoms with Gasteiger partial charge in [0.25, 0.3) is 0 Å². The lowest BCUT2D eigenvalue weighted by Gasteiger charge is -2.18. The minimum absolute atomic E-state index is 0.421. The zero-order valence-corrected chi connectivity index (χ0v) is 13.0. The topological polar surface area (TPSA) is 21.3 Å². The van der Waals surface area contributed by atoms with Gasteiger partial charge in [-0.15, -0.1) is 0 Å². The molecule has 0 heterocycles. The third-order valence-electron chi connectivity index (χ3n) is 3.77. The average Bonchev–Trinajstić information content (AvgIpc) is 2.55. The van der Waals surface area contributed by atoms with Gasteiger partial charge < -0.3 is 10.1 Å². The predicted molar refractivity (Wildman–Crippen MR) is 88.8 cm³/mol. The highest BCUT2D eigenvalue weighted by atomic mass is 16.5. The Morgan fingerprint density at radius 2 is 1.71 bits per heavy atom. The molecule has 0 fully saturated rings. The van der Waals surface area contributed by atoms with E-state index in [1.54, 1.807) is 7.11 Å². The molecule has 2 aromatic carbocycles. The highest BCUT2D eigenvalue weighted by molar-refractivity contribution is 5.29. The Labute approximate surface area is 128 Å². The van der Waals surface area contributed by atoms with Crippen LogP contribution in [-0.2, 0) is 6.42 Å². The highest BCUT2D eigenvalue weighted by Crippen LogP contribution is 2.22. The van der Waals surface area contributed by atoms with Crippen molar-refractivity contribution in [1.29, 1.82) is 0 Å². The lowest BCUT2D eigenvalue weighted by molar-refractivity contribution is 0.414. The van der Waals surface area contributed by atoms with E-state index in [1.807, 2.05) is 12.1 Å². The molecule has 1 atom stereocenters. The van der Waals surface area contributed by atoms with E-state index in [-0.39, 0.29) is 0 Å². The van der Waals surface area contributed by atoms with Crippen LogP contribution in [0.2, 0.25) is 0 Å². The second-order valence-electron chi connectivity index (χ2n) is 5.26. The van der Waals surface area contributed by atoms with Crippen molar-refractivity contribution in [2.24, 2.45) is 0 Å². The number of hydrogen-bond donors (Lipinski definition) is 1. The summed E-state index contributed by atoms with van der Waals surface area (Å²) < 4.78 is 5.23. The lowest BCUT2D eigenvalue weighted by Crippen LogP contribution is -2.21. The summed E-state index contributed by atoms with van der Waals surface area (Å²) >= 11 is 0. The van der Waals surface area contributed by atoms with Crippen molar-refractivity contribution in [3.63, 3.8) is 0 Å². The second kappa shape index (κ2) is 8.48. The normalized spacial score (nSPS) is 12.1. The predicted octanol–water partition coefficient (Wildman–Crippen LogP) is 4.37. The Kier molecular flexibility index (Phi) is 6.29. The monoisotopic (exact) mass is 283 g/mol. The van der Waals surface area contributed by atoms with Crippen LogP contribution in [0.1, 0.15) is 36.9 Å². The molecule has 2 aromatic rings. The van der Waals surface area contributed by atoms with Gasteiger partial charge in [-0.2, -0.15) is 0 Å². The number of aryl methyl sites for hydroxylation is 1. The first-order chi connectivity index (χ1) is 10.3. The van der Waals surface area contributed by atoms with Crippen LogP contribution in [0.4, 0.5) is 0 Å². The molecule has 1 N–H and O–H groups in total. The first-order valence-corrected chi connectivity index (χ1v) is 7.74. The summed E-state index contributed by atoms with van der Waals surface area (Å²) in [6.45, 7) is 3.15. The smallest absolute Gasteiger partial charge is 0.118 e. The van der Waals surface area contributed by atoms with Gasteiger partial charge in [-0.3, -0.25) is 0 Å². The number of ether oxygens (including phenoxy) is 1. The number of benzene rings is 2. The van der Waals surface area contributed by atoms with Crippen molar-refractivity contribution < 1.29 is 4.74 Å². The van der Waals surface area contributed by atoms with E-state index < -0.39 is 0 Å². The Morgan fingerprint density at radius 3 is 2.33 bits per heavy atom. The zero-order valence-electron chi connectivity index (χ0n) is 13.0. The van der Waals surface area contributed by atoms with Crippen molar-refractivity contribution >= 4 is 0 Å². The molecular formula is C19H25NO. The standard InChI is InChI=1S/C19H25NO/c1-3-20-19(17-12-14-18(21-2)15-13-17)11-7-10-16-8-5-4-6-9-16/h4-6,8-9,12-15,19-20H,3,7,10-11H2,1-2H3. The van der Waals surface area contributed by atoms with Crippen LogP contribution >= 0.6 is 0 Å². The summed E-state index contributed by atoms with van der Waals surface area (Å²) in [6.07, 6.45) is 3.47. The van der Waals surface area contributed by atoms with Crippen LogP contribution < -0.4 is 10.1 Å². The molecule has 2 nitrogen and oxygen atoms in total. The van der Waals surface area contributed by atoms with E-state index in [0.717, 1.165) is 25.1 Å². The van der Waals surface area contributed by atoms with Gasteiger partial charge >= 0.3 is 0 Å². The third-order valence-corrected chi connectivity index (χ3v) is 3.77. The molecule has 21 heavy (non-hydrogen) atoms. The molecule has 0 saturated carbocycles. The van der Waals surface area contributed by atoms with Crippen molar-refractivity contribution in [2.75, 3.05) is 13.7 Å². The molecule has 0 aliphatic heterocycles. The van der Waals surface area contributed by atoms with Gasteiger partial charge in [0.1, 0.15) is 5.75 Å². The van der Waals surface area contributed by atoms with Gasteiger partial charge in [-0.1, -0.05) is 49.4 Å². The minimum atomic E-state index is 0.421. The van der Waals surface area contributed by atoms with Crippen molar-refractivity contribution in [1.82, 2.24) is 5.32 Å². The first-order valence-electron chi connectivity index (χ1n) is 7.74. The summed E-state index contributed by atoms with van der Waals surface area (Å²) in [5.74, 6) is 0.915. The molecule has 0 radical (unpaired) electrons. The van der Waals surface area contributed by atoms with Gasteiger partial charge in [0.05, 0.1) is 7.11 Å². The van der Waals surface area contributed by atoms with Gasteiger partial charge in [0.2, 0.25) is 0 Å². The minimum Gasteiger partial charge on any atom is -0.497 e. The number of hydrogen-bond acceptors (Lipinski definition) is 2. The van der Waals surface area contributed by atoms with Gasteiger partial charge in [0.15, 0.2) is 0 Å². The third kappa shape index (κ3) is 4.91. The van der Waals surface area contributed by atoms with Crippen LogP contribution in [0.5, 0.6) is 5.75 Å². The number of methoxy groups -OCH3 is 1. The fraction of sp³-hybridized carbons (Fsp3) is 0.368. The van der Waals surface area contributed by atoms with E-state index in [0.29, 0.717) is 6.04 Å². The summed E-state index contributed by atoms with van der Waals surface area (Å²) in [4.78, 5) is 0. The van der Waals surface area contributed by atoms with E-state index >= 15 is 0 Å². The quantitative estimate of drug-likeness (QED) is 0.777. The Morgan fingerprint density at radius 1 is 1.00 bits per heavy atom. The average molecular weight is 283 g/mol. The maximum Gasteiger partial charge on any atom is 0.118 e. The lowest BCUT2D eigenvalue weighted by atomic mass is 9.99. The maximum atomic E-state index is 5.23. The van der Waals surface area contributed by atoms with Crippen molar-refractivity contribution in [2.45, 2.75) is 32.2 Å². The van der Waals surface area contributed by atoms with Crippen molar-refractivity contribution in [3.05, 3.63) is 65.7 Å². The molecule has 0 aliphatic carbocycles. The van der Waals surface area contributed by atoms with Gasteiger partial charge in [-0.05, 0) is 49.1 Å². The van der Waals surface area contributed by atoms with Crippen LogP contribution in [0, 0.1) is 0 Å². The molecule has 0 aliphatic rings. The molecule has 0 bridgehead atoms. The summed E-state index contributed by atoms with van der Waals surface area (Å²) in [7, 11) is 1.71. The molecule has 0 saturated heterocycles. The Balaban J connectivity index is 1.91. The van der Waals surface area contributed by atoms with Gasteiger partial charge in [0, 0.05) is 6.04 Å². The molecule has 0 spiro atoms. The van der Waals surface area contributed by atoms with Crippen LogP contribution in [0.3, 0.4) is 0 Å². The van der Waals surface area contributed by atoms with Crippen LogP contribution in [0.25, 0.3) is 0 Å². The largest absolute Gasteiger partial charge is 0.497 e. The molecule has 0 aromatic heterocycles. The Hall–Kier alpha value is -1.80. The highest BCUT2D eigenvalue weighted by Gasteiger charge is 2.10. The van der Waals surface area contributed by atoms with E-state index in [2.05, 4.69) is 54.7 Å². The summed E-state index contributed by atoms with van der Waals surface area (Å²) in [6, 6.07) is 19.5. The second-order valence-corrected chi connectivity index (χ2v) is 5.26. The van der Waals surface area contributed by atoms with Crippen LogP contribution in [-0.4, -0.2) is 13.7 Å².